The Kier molecular flexibility index (Phi) is 4.48. The average molecular weight is 403 g/mol. The Labute approximate surface area is 177 Å². The zero-order valence-electron chi connectivity index (χ0n) is 17.7. The summed E-state index contributed by atoms with van der Waals surface area (Å²) in [6.07, 6.45) is 10.1. The van der Waals surface area contributed by atoms with Crippen LogP contribution in [0.2, 0.25) is 0 Å². The second kappa shape index (κ2) is 7.34. The molecule has 6 heteroatoms. The largest absolute Gasteiger partial charge is 0.369 e. The molecule has 3 aliphatic rings. The van der Waals surface area contributed by atoms with E-state index in [1.165, 1.54) is 36.9 Å². The molecule has 156 valence electrons. The first-order valence-corrected chi connectivity index (χ1v) is 11.4. The van der Waals surface area contributed by atoms with E-state index >= 15 is 0 Å². The molecule has 6 rings (SSSR count). The average Bonchev–Trinajstić information content (AvgIpc) is 3.50. The molecule has 1 unspecified atom stereocenters. The standard InChI is InChI=1S/C24H30N6/c1-28-8-10-29(11-9-28)21-6-3-17(4-7-21)14-23-25-15-20-16-26-30(24(20)27-23)22-13-18-2-5-19(22)12-18/h3-4,6-7,15-16,18-19,22H,2,5,8-14H2,1H3/t18-,19+,22?/m1/s1. The van der Waals surface area contributed by atoms with E-state index in [-0.39, 0.29) is 0 Å². The zero-order valence-corrected chi connectivity index (χ0v) is 17.7. The van der Waals surface area contributed by atoms with Gasteiger partial charge in [-0.1, -0.05) is 18.6 Å². The van der Waals surface area contributed by atoms with Crippen molar-refractivity contribution in [2.24, 2.45) is 11.8 Å². The van der Waals surface area contributed by atoms with E-state index in [0.717, 1.165) is 61.3 Å². The molecule has 30 heavy (non-hydrogen) atoms. The maximum atomic E-state index is 4.95. The van der Waals surface area contributed by atoms with Gasteiger partial charge in [-0.25, -0.2) is 14.6 Å². The Bertz CT molecular complexity index is 1030. The molecule has 2 bridgehead atoms. The predicted molar refractivity (Wildman–Crippen MR) is 119 cm³/mol. The quantitative estimate of drug-likeness (QED) is 0.668. The lowest BCUT2D eigenvalue weighted by Gasteiger charge is -2.34. The maximum absolute atomic E-state index is 4.95. The predicted octanol–water partition coefficient (Wildman–Crippen LogP) is 3.53. The molecule has 3 fully saturated rings. The van der Waals surface area contributed by atoms with E-state index < -0.39 is 0 Å². The third kappa shape index (κ3) is 3.27. The molecule has 3 heterocycles. The minimum absolute atomic E-state index is 0.534. The summed E-state index contributed by atoms with van der Waals surface area (Å²) in [4.78, 5) is 14.4. The summed E-state index contributed by atoms with van der Waals surface area (Å²) in [6, 6.07) is 9.49. The summed E-state index contributed by atoms with van der Waals surface area (Å²) in [5.41, 5.74) is 3.60. The van der Waals surface area contributed by atoms with Gasteiger partial charge in [-0.3, -0.25) is 0 Å². The molecule has 1 aliphatic heterocycles. The summed E-state index contributed by atoms with van der Waals surface area (Å²) >= 11 is 0. The number of piperazine rings is 1. The summed E-state index contributed by atoms with van der Waals surface area (Å²) in [5.74, 6) is 2.58. The summed E-state index contributed by atoms with van der Waals surface area (Å²) < 4.78 is 2.21. The molecule has 2 saturated carbocycles. The Morgan fingerprint density at radius 3 is 2.53 bits per heavy atom. The van der Waals surface area contributed by atoms with Gasteiger partial charge in [0.25, 0.3) is 0 Å². The SMILES string of the molecule is CN1CCN(c2ccc(Cc3ncc4cnn(C5C[C@@H]6CC[C@H]5C6)c4n3)cc2)CC1. The summed E-state index contributed by atoms with van der Waals surface area (Å²) in [5, 5.41) is 5.78. The van der Waals surface area contributed by atoms with Crippen molar-refractivity contribution >= 4 is 16.7 Å². The lowest BCUT2D eigenvalue weighted by Crippen LogP contribution is -2.44. The molecule has 2 aromatic heterocycles. The molecule has 0 spiro atoms. The number of rotatable bonds is 4. The Morgan fingerprint density at radius 2 is 1.80 bits per heavy atom. The number of aromatic nitrogens is 4. The van der Waals surface area contributed by atoms with Crippen molar-refractivity contribution in [1.82, 2.24) is 24.6 Å². The monoisotopic (exact) mass is 402 g/mol. The van der Waals surface area contributed by atoms with Crippen LogP contribution < -0.4 is 4.90 Å². The third-order valence-corrected chi connectivity index (χ3v) is 7.57. The van der Waals surface area contributed by atoms with E-state index in [4.69, 9.17) is 10.1 Å². The van der Waals surface area contributed by atoms with Crippen LogP contribution in [0, 0.1) is 11.8 Å². The van der Waals surface area contributed by atoms with Crippen molar-refractivity contribution in [3.63, 3.8) is 0 Å². The molecule has 0 N–H and O–H groups in total. The summed E-state index contributed by atoms with van der Waals surface area (Å²) in [6.45, 7) is 4.46. The van der Waals surface area contributed by atoms with Crippen LogP contribution in [-0.2, 0) is 6.42 Å². The number of benzene rings is 1. The zero-order chi connectivity index (χ0) is 20.1. The second-order valence-electron chi connectivity index (χ2n) is 9.53. The van der Waals surface area contributed by atoms with Gasteiger partial charge in [0.05, 0.1) is 17.6 Å². The second-order valence-corrected chi connectivity index (χ2v) is 9.53. The highest BCUT2D eigenvalue weighted by Gasteiger charge is 2.41. The van der Waals surface area contributed by atoms with Gasteiger partial charge in [0.2, 0.25) is 0 Å². The number of likely N-dealkylation sites (N-methyl/N-ethyl adjacent to an activating group) is 1. The Balaban J connectivity index is 1.20. The third-order valence-electron chi connectivity index (χ3n) is 7.57. The van der Waals surface area contributed by atoms with Gasteiger partial charge in [0.1, 0.15) is 5.82 Å². The minimum Gasteiger partial charge on any atom is -0.369 e. The van der Waals surface area contributed by atoms with E-state index in [1.54, 1.807) is 0 Å². The van der Waals surface area contributed by atoms with Crippen molar-refractivity contribution in [1.29, 1.82) is 0 Å². The number of hydrogen-bond acceptors (Lipinski definition) is 5. The molecule has 0 amide bonds. The van der Waals surface area contributed by atoms with Crippen molar-refractivity contribution < 1.29 is 0 Å². The van der Waals surface area contributed by atoms with E-state index in [2.05, 4.69) is 50.8 Å². The molecule has 1 aromatic carbocycles. The van der Waals surface area contributed by atoms with Crippen LogP contribution in [0.1, 0.15) is 43.1 Å². The lowest BCUT2D eigenvalue weighted by atomic mass is 9.95. The first-order chi connectivity index (χ1) is 14.7. The van der Waals surface area contributed by atoms with Gasteiger partial charge in [-0.05, 0) is 55.8 Å². The Hall–Kier alpha value is -2.47. The number of fused-ring (bicyclic) bond motifs is 3. The van der Waals surface area contributed by atoms with Gasteiger partial charge in [0.15, 0.2) is 5.65 Å². The van der Waals surface area contributed by atoms with Crippen molar-refractivity contribution in [2.75, 3.05) is 38.1 Å². The first-order valence-electron chi connectivity index (χ1n) is 11.4. The van der Waals surface area contributed by atoms with Crippen LogP contribution in [0.4, 0.5) is 5.69 Å². The van der Waals surface area contributed by atoms with Crippen LogP contribution in [0.5, 0.6) is 0 Å². The topological polar surface area (TPSA) is 50.1 Å². The van der Waals surface area contributed by atoms with Gasteiger partial charge in [0, 0.05) is 44.5 Å². The van der Waals surface area contributed by atoms with Crippen molar-refractivity contribution in [3.05, 3.63) is 48.0 Å². The highest BCUT2D eigenvalue weighted by atomic mass is 15.3. The van der Waals surface area contributed by atoms with Crippen LogP contribution in [0.3, 0.4) is 0 Å². The van der Waals surface area contributed by atoms with Crippen LogP contribution in [-0.4, -0.2) is 57.9 Å². The van der Waals surface area contributed by atoms with Crippen molar-refractivity contribution in [3.8, 4) is 0 Å². The first kappa shape index (κ1) is 18.3. The van der Waals surface area contributed by atoms with Crippen LogP contribution in [0.25, 0.3) is 11.0 Å². The van der Waals surface area contributed by atoms with Crippen molar-refractivity contribution in [2.45, 2.75) is 38.1 Å². The van der Waals surface area contributed by atoms with E-state index in [9.17, 15) is 0 Å². The normalized spacial score (nSPS) is 26.7. The lowest BCUT2D eigenvalue weighted by molar-refractivity contribution is 0.313. The van der Waals surface area contributed by atoms with Gasteiger partial charge >= 0.3 is 0 Å². The van der Waals surface area contributed by atoms with Gasteiger partial charge in [-0.15, -0.1) is 0 Å². The molecule has 3 atom stereocenters. The van der Waals surface area contributed by atoms with E-state index in [0.29, 0.717) is 6.04 Å². The van der Waals surface area contributed by atoms with Gasteiger partial charge in [-0.2, -0.15) is 5.10 Å². The number of nitrogens with zero attached hydrogens (tertiary/aromatic N) is 6. The summed E-state index contributed by atoms with van der Waals surface area (Å²) in [7, 11) is 2.19. The fourth-order valence-electron chi connectivity index (χ4n) is 5.78. The highest BCUT2D eigenvalue weighted by Crippen LogP contribution is 2.50. The van der Waals surface area contributed by atoms with Gasteiger partial charge < -0.3 is 9.80 Å². The number of anilines is 1. The molecule has 2 aliphatic carbocycles. The molecular formula is C24H30N6. The maximum Gasteiger partial charge on any atom is 0.161 e. The fraction of sp³-hybridized carbons (Fsp3) is 0.542. The van der Waals surface area contributed by atoms with E-state index in [1.807, 2.05) is 12.4 Å². The molecule has 1 saturated heterocycles. The molecule has 0 radical (unpaired) electrons. The minimum atomic E-state index is 0.534. The van der Waals surface area contributed by atoms with Crippen LogP contribution in [0.15, 0.2) is 36.7 Å². The molecular weight excluding hydrogens is 372 g/mol. The number of hydrogen-bond donors (Lipinski definition) is 0. The fourth-order valence-corrected chi connectivity index (χ4v) is 5.78. The smallest absolute Gasteiger partial charge is 0.161 e. The molecule has 6 nitrogen and oxygen atoms in total. The van der Waals surface area contributed by atoms with Crippen LogP contribution >= 0.6 is 0 Å². The molecule has 3 aromatic rings. The highest BCUT2D eigenvalue weighted by molar-refractivity contribution is 5.73. The Morgan fingerprint density at radius 1 is 0.967 bits per heavy atom.